The summed E-state index contributed by atoms with van der Waals surface area (Å²) in [4.78, 5) is 32.9. The molecule has 0 spiro atoms. The van der Waals surface area contributed by atoms with Gasteiger partial charge in [-0.1, -0.05) is 51.0 Å². The zero-order valence-corrected chi connectivity index (χ0v) is 29.7. The first-order valence-corrected chi connectivity index (χ1v) is 18.3. The number of aliphatic hydroxyl groups excluding tert-OH is 2. The highest BCUT2D eigenvalue weighted by Crippen LogP contribution is 2.29. The molecule has 260 valence electrons. The Balaban J connectivity index is 1.49. The summed E-state index contributed by atoms with van der Waals surface area (Å²) in [5.74, 6) is -0.403. The molecule has 2 unspecified atom stereocenters. The molecule has 10 nitrogen and oxygen atoms in total. The number of aliphatic hydroxyl groups is 2. The van der Waals surface area contributed by atoms with E-state index >= 15 is 0 Å². The van der Waals surface area contributed by atoms with Crippen molar-refractivity contribution >= 4 is 35.0 Å². The van der Waals surface area contributed by atoms with E-state index < -0.39 is 12.4 Å². The van der Waals surface area contributed by atoms with E-state index in [1.54, 1.807) is 45.6 Å². The Morgan fingerprint density at radius 3 is 2.27 bits per heavy atom. The fourth-order valence-corrected chi connectivity index (χ4v) is 6.57. The van der Waals surface area contributed by atoms with E-state index in [2.05, 4.69) is 24.5 Å². The molecule has 11 heteroatoms. The molecule has 2 amide bonds. The van der Waals surface area contributed by atoms with Gasteiger partial charge in [-0.2, -0.15) is 5.10 Å². The third kappa shape index (κ3) is 8.65. The minimum Gasteiger partial charge on any atom is -0.394 e. The fraction of sp³-hybridized carbons (Fsp3) is 0.395. The number of amides is 2. The van der Waals surface area contributed by atoms with Crippen molar-refractivity contribution in [1.29, 1.82) is 0 Å². The molecule has 49 heavy (non-hydrogen) atoms. The van der Waals surface area contributed by atoms with Crippen LogP contribution in [0, 0.1) is 6.92 Å². The SMILES string of the molecule is CCCCN(CCCC)C(=O)c1cc(C)n(-c2ccc(NC(O)Nc3ccc(SC)cc3)cc2C(=O)N2Cc3ccccc3CC2CO)n1. The highest BCUT2D eigenvalue weighted by molar-refractivity contribution is 7.98. The number of aromatic nitrogens is 2. The third-order valence-electron chi connectivity index (χ3n) is 8.94. The molecule has 0 bridgehead atoms. The predicted octanol–water partition coefficient (Wildman–Crippen LogP) is 6.30. The summed E-state index contributed by atoms with van der Waals surface area (Å²) >= 11 is 1.64. The van der Waals surface area contributed by atoms with Crippen LogP contribution in [0.3, 0.4) is 0 Å². The number of carbonyl (C=O) groups is 2. The molecule has 1 aliphatic rings. The minimum atomic E-state index is -1.14. The second-order valence-electron chi connectivity index (χ2n) is 12.5. The number of benzene rings is 3. The Hall–Kier alpha value is -4.32. The highest BCUT2D eigenvalue weighted by atomic mass is 32.2. The van der Waals surface area contributed by atoms with Gasteiger partial charge in [0.25, 0.3) is 11.8 Å². The maximum atomic E-state index is 14.5. The molecule has 2 atom stereocenters. The van der Waals surface area contributed by atoms with E-state index in [0.717, 1.165) is 47.4 Å². The van der Waals surface area contributed by atoms with Gasteiger partial charge in [0.1, 0.15) is 0 Å². The number of hydrogen-bond acceptors (Lipinski definition) is 8. The number of rotatable bonds is 15. The number of aryl methyl sites for hydroxylation is 1. The van der Waals surface area contributed by atoms with Crippen LogP contribution in [-0.4, -0.2) is 80.0 Å². The van der Waals surface area contributed by atoms with Gasteiger partial charge in [0.15, 0.2) is 5.69 Å². The van der Waals surface area contributed by atoms with Gasteiger partial charge < -0.3 is 30.6 Å². The van der Waals surface area contributed by atoms with Crippen molar-refractivity contribution in [2.45, 2.75) is 76.7 Å². The van der Waals surface area contributed by atoms with Crippen molar-refractivity contribution < 1.29 is 19.8 Å². The van der Waals surface area contributed by atoms with E-state index in [4.69, 9.17) is 5.10 Å². The maximum absolute atomic E-state index is 14.5. The number of fused-ring (bicyclic) bond motifs is 1. The lowest BCUT2D eigenvalue weighted by molar-refractivity contribution is 0.0544. The summed E-state index contributed by atoms with van der Waals surface area (Å²) in [6.07, 6.45) is 5.20. The largest absolute Gasteiger partial charge is 0.394 e. The van der Waals surface area contributed by atoms with Crippen molar-refractivity contribution in [2.24, 2.45) is 0 Å². The van der Waals surface area contributed by atoms with E-state index in [1.807, 2.05) is 66.6 Å². The Bertz CT molecular complexity index is 1720. The van der Waals surface area contributed by atoms with E-state index in [1.165, 1.54) is 0 Å². The molecule has 4 N–H and O–H groups in total. The lowest BCUT2D eigenvalue weighted by Gasteiger charge is -2.36. The van der Waals surface area contributed by atoms with Crippen LogP contribution in [-0.2, 0) is 13.0 Å². The van der Waals surface area contributed by atoms with Gasteiger partial charge >= 0.3 is 0 Å². The average molecular weight is 685 g/mol. The van der Waals surface area contributed by atoms with Crippen molar-refractivity contribution in [3.05, 3.63) is 101 Å². The molecule has 0 radical (unpaired) electrons. The molecule has 1 aromatic heterocycles. The molecule has 4 aromatic rings. The van der Waals surface area contributed by atoms with E-state index in [9.17, 15) is 19.8 Å². The number of thioether (sulfide) groups is 1. The summed E-state index contributed by atoms with van der Waals surface area (Å²) in [7, 11) is 0. The maximum Gasteiger partial charge on any atom is 0.274 e. The van der Waals surface area contributed by atoms with Crippen LogP contribution in [0.5, 0.6) is 0 Å². The monoisotopic (exact) mass is 684 g/mol. The molecule has 1 aliphatic heterocycles. The van der Waals surface area contributed by atoms with Crippen LogP contribution in [0.2, 0.25) is 0 Å². The van der Waals surface area contributed by atoms with Crippen LogP contribution in [0.15, 0.2) is 77.7 Å². The summed E-state index contributed by atoms with van der Waals surface area (Å²) in [5, 5.41) is 32.2. The highest BCUT2D eigenvalue weighted by Gasteiger charge is 2.32. The Morgan fingerprint density at radius 2 is 1.61 bits per heavy atom. The van der Waals surface area contributed by atoms with Gasteiger partial charge in [0.2, 0.25) is 6.35 Å². The zero-order valence-electron chi connectivity index (χ0n) is 28.9. The van der Waals surface area contributed by atoms with Gasteiger partial charge in [-0.25, -0.2) is 4.68 Å². The van der Waals surface area contributed by atoms with Crippen LogP contribution in [0.1, 0.15) is 77.2 Å². The number of anilines is 2. The number of nitrogens with zero attached hydrogens (tertiary/aromatic N) is 4. The summed E-state index contributed by atoms with van der Waals surface area (Å²) in [6, 6.07) is 22.3. The van der Waals surface area contributed by atoms with Crippen molar-refractivity contribution in [3.8, 4) is 5.69 Å². The number of hydrogen-bond donors (Lipinski definition) is 4. The van der Waals surface area contributed by atoms with Crippen molar-refractivity contribution in [3.63, 3.8) is 0 Å². The second kappa shape index (κ2) is 16.9. The molecular weight excluding hydrogens is 637 g/mol. The molecular formula is C38H48N6O4S. The molecule has 0 saturated heterocycles. The summed E-state index contributed by atoms with van der Waals surface area (Å²) in [6.45, 7) is 7.59. The molecule has 2 heterocycles. The topological polar surface area (TPSA) is 123 Å². The molecule has 0 saturated carbocycles. The lowest BCUT2D eigenvalue weighted by atomic mass is 9.93. The van der Waals surface area contributed by atoms with Gasteiger partial charge in [-0.15, -0.1) is 11.8 Å². The Morgan fingerprint density at radius 1 is 0.959 bits per heavy atom. The van der Waals surface area contributed by atoms with Gasteiger partial charge in [0.05, 0.1) is 23.9 Å². The average Bonchev–Trinajstić information content (AvgIpc) is 3.51. The quantitative estimate of drug-likeness (QED) is 0.0850. The van der Waals surface area contributed by atoms with Gasteiger partial charge in [0, 0.05) is 41.6 Å². The second-order valence-corrected chi connectivity index (χ2v) is 13.4. The first kappa shape index (κ1) is 36.0. The molecule has 0 aliphatic carbocycles. The standard InChI is InChI=1S/C38H48N6O4S/c1-5-7-19-42(20-8-6-2)37(47)34-21-26(3)44(41-34)35-18-15-30(40-38(48)39-29-13-16-32(49-4)17-14-29)23-33(35)36(46)43-24-28-12-10-9-11-27(28)22-31(43)25-45/h9-18,21,23,31,38-40,45,48H,5-8,19-20,22,24-25H2,1-4H3. The zero-order chi connectivity index (χ0) is 34.9. The number of carbonyl (C=O) groups excluding carboxylic acids is 2. The van der Waals surface area contributed by atoms with E-state index in [0.29, 0.717) is 54.4 Å². The van der Waals surface area contributed by atoms with Gasteiger partial charge in [-0.3, -0.25) is 9.59 Å². The fourth-order valence-electron chi connectivity index (χ4n) is 6.16. The molecule has 3 aromatic carbocycles. The van der Waals surface area contributed by atoms with Crippen molar-refractivity contribution in [2.75, 3.05) is 36.6 Å². The van der Waals surface area contributed by atoms with Crippen LogP contribution < -0.4 is 10.6 Å². The van der Waals surface area contributed by atoms with Crippen LogP contribution in [0.4, 0.5) is 11.4 Å². The Kier molecular flexibility index (Phi) is 12.4. The van der Waals surface area contributed by atoms with Crippen molar-refractivity contribution in [1.82, 2.24) is 19.6 Å². The Labute approximate surface area is 293 Å². The lowest BCUT2D eigenvalue weighted by Crippen LogP contribution is -2.46. The van der Waals surface area contributed by atoms with Crippen LogP contribution >= 0.6 is 11.8 Å². The normalized spacial score (nSPS) is 14.7. The molecule has 5 rings (SSSR count). The van der Waals surface area contributed by atoms with E-state index in [-0.39, 0.29) is 18.4 Å². The summed E-state index contributed by atoms with van der Waals surface area (Å²) in [5.41, 5.74) is 5.27. The third-order valence-corrected chi connectivity index (χ3v) is 9.68. The number of nitrogens with one attached hydrogen (secondary N) is 2. The predicted molar refractivity (Wildman–Crippen MR) is 196 cm³/mol. The summed E-state index contributed by atoms with van der Waals surface area (Å²) < 4.78 is 1.65. The smallest absolute Gasteiger partial charge is 0.274 e. The first-order chi connectivity index (χ1) is 23.8. The minimum absolute atomic E-state index is 0.123. The first-order valence-electron chi connectivity index (χ1n) is 17.1. The van der Waals surface area contributed by atoms with Crippen LogP contribution in [0.25, 0.3) is 5.69 Å². The molecule has 0 fully saturated rings. The van der Waals surface area contributed by atoms with Gasteiger partial charge in [-0.05, 0) is 92.1 Å². The number of unbranched alkanes of at least 4 members (excludes halogenated alkanes) is 2.